The Morgan fingerprint density at radius 2 is 1.67 bits per heavy atom. The summed E-state index contributed by atoms with van der Waals surface area (Å²) in [6.07, 6.45) is 1.25. The fourth-order valence-electron chi connectivity index (χ4n) is 1.71. The van der Waals surface area contributed by atoms with E-state index in [0.717, 1.165) is 0 Å². The predicted octanol–water partition coefficient (Wildman–Crippen LogP) is 2.98. The average molecular weight is 267 g/mol. The first-order valence-electron chi connectivity index (χ1n) is 5.17. The molecule has 0 fully saturated rings. The van der Waals surface area contributed by atoms with Gasteiger partial charge in [-0.2, -0.15) is 0 Å². The van der Waals surface area contributed by atoms with E-state index >= 15 is 0 Å². The molecule has 5 heteroatoms. The van der Waals surface area contributed by atoms with E-state index in [4.69, 9.17) is 25.5 Å². The van der Waals surface area contributed by atoms with E-state index in [1.165, 1.54) is 26.5 Å². The minimum atomic E-state index is -0.256. The Morgan fingerprint density at radius 1 is 1.06 bits per heavy atom. The van der Waals surface area contributed by atoms with Crippen LogP contribution in [-0.2, 0) is 0 Å². The van der Waals surface area contributed by atoms with Crippen molar-refractivity contribution < 1.29 is 13.9 Å². The number of hydrogen-bond donors (Lipinski definition) is 0. The molecule has 1 aromatic carbocycles. The summed E-state index contributed by atoms with van der Waals surface area (Å²) in [5.74, 6) is 0.990. The maximum Gasteiger partial charge on any atom is 0.204 e. The lowest BCUT2D eigenvalue weighted by molar-refractivity contribution is 0.397. The minimum absolute atomic E-state index is 0.00491. The number of rotatable bonds is 3. The van der Waals surface area contributed by atoms with Crippen LogP contribution in [0.25, 0.3) is 11.1 Å². The summed E-state index contributed by atoms with van der Waals surface area (Å²) < 4.78 is 15.5. The van der Waals surface area contributed by atoms with Crippen molar-refractivity contribution in [2.24, 2.45) is 0 Å². The lowest BCUT2D eigenvalue weighted by Crippen LogP contribution is -2.05. The van der Waals surface area contributed by atoms with Gasteiger partial charge in [-0.05, 0) is 23.7 Å². The van der Waals surface area contributed by atoms with Crippen molar-refractivity contribution in [2.45, 2.75) is 0 Å². The number of halogens is 1. The highest BCUT2D eigenvalue weighted by molar-refractivity contribution is 6.31. The third-order valence-corrected chi connectivity index (χ3v) is 2.79. The topological polar surface area (TPSA) is 48.7 Å². The summed E-state index contributed by atoms with van der Waals surface area (Å²) >= 11 is 5.94. The van der Waals surface area contributed by atoms with Crippen LogP contribution in [0.1, 0.15) is 0 Å². The molecule has 0 saturated heterocycles. The molecule has 0 spiro atoms. The molecule has 0 unspecified atom stereocenters. The van der Waals surface area contributed by atoms with E-state index in [0.29, 0.717) is 17.1 Å². The van der Waals surface area contributed by atoms with Crippen molar-refractivity contribution in [2.75, 3.05) is 14.2 Å². The second kappa shape index (κ2) is 5.14. The normalized spacial score (nSPS) is 10.2. The fourth-order valence-corrected chi connectivity index (χ4v) is 1.95. The molecule has 1 aromatic heterocycles. The van der Waals surface area contributed by atoms with E-state index in [2.05, 4.69) is 0 Å². The zero-order chi connectivity index (χ0) is 13.1. The lowest BCUT2D eigenvalue weighted by atomic mass is 10.1. The average Bonchev–Trinajstić information content (AvgIpc) is 2.38. The first kappa shape index (κ1) is 12.5. The predicted molar refractivity (Wildman–Crippen MR) is 68.5 cm³/mol. The first-order chi connectivity index (χ1) is 8.69. The van der Waals surface area contributed by atoms with Crippen molar-refractivity contribution in [3.05, 3.63) is 46.0 Å². The van der Waals surface area contributed by atoms with Crippen LogP contribution in [-0.4, -0.2) is 14.2 Å². The molecule has 0 N–H and O–H groups in total. The summed E-state index contributed by atoms with van der Waals surface area (Å²) in [6, 6.07) is 6.51. The lowest BCUT2D eigenvalue weighted by Gasteiger charge is -2.12. The molecule has 0 atom stereocenters. The molecule has 2 aromatic rings. The van der Waals surface area contributed by atoms with Crippen molar-refractivity contribution in [3.8, 4) is 22.6 Å². The van der Waals surface area contributed by atoms with Crippen LogP contribution in [0.2, 0.25) is 5.22 Å². The van der Waals surface area contributed by atoms with Crippen molar-refractivity contribution in [1.29, 1.82) is 0 Å². The maximum atomic E-state index is 11.9. The highest BCUT2D eigenvalue weighted by Gasteiger charge is 2.19. The highest BCUT2D eigenvalue weighted by atomic mass is 35.5. The third kappa shape index (κ3) is 2.07. The van der Waals surface area contributed by atoms with Crippen molar-refractivity contribution in [3.63, 3.8) is 0 Å². The largest absolute Gasteiger partial charge is 0.496 e. The molecule has 0 saturated carbocycles. The van der Waals surface area contributed by atoms with E-state index in [1.54, 1.807) is 18.2 Å². The van der Waals surface area contributed by atoms with E-state index in [9.17, 15) is 4.79 Å². The summed E-state index contributed by atoms with van der Waals surface area (Å²) in [6.45, 7) is 0. The van der Waals surface area contributed by atoms with Crippen LogP contribution in [0.4, 0.5) is 0 Å². The second-order valence-electron chi connectivity index (χ2n) is 3.47. The molecule has 0 amide bonds. The monoisotopic (exact) mass is 266 g/mol. The molecule has 0 aliphatic heterocycles. The van der Waals surface area contributed by atoms with Gasteiger partial charge in [-0.3, -0.25) is 4.79 Å². The maximum absolute atomic E-state index is 11.9. The molecular formula is C13H11ClO4. The SMILES string of the molecule is COc1cccc(OC)c1-c1c(Cl)occc1=O. The zero-order valence-electron chi connectivity index (χ0n) is 9.90. The Morgan fingerprint density at radius 3 is 2.17 bits per heavy atom. The first-order valence-corrected chi connectivity index (χ1v) is 5.55. The summed E-state index contributed by atoms with van der Waals surface area (Å²) in [7, 11) is 3.02. The van der Waals surface area contributed by atoms with Crippen LogP contribution >= 0.6 is 11.6 Å². The van der Waals surface area contributed by atoms with E-state index < -0.39 is 0 Å². The summed E-state index contributed by atoms with van der Waals surface area (Å²) in [5.41, 5.74) is 0.462. The van der Waals surface area contributed by atoms with Gasteiger partial charge in [0.1, 0.15) is 11.5 Å². The molecule has 2 rings (SSSR count). The third-order valence-electron chi connectivity index (χ3n) is 2.51. The Hall–Kier alpha value is -1.94. The molecule has 0 radical (unpaired) electrons. The number of hydrogen-bond acceptors (Lipinski definition) is 4. The Balaban J connectivity index is 2.81. The molecule has 18 heavy (non-hydrogen) atoms. The Bertz CT molecular complexity index is 596. The van der Waals surface area contributed by atoms with Crippen LogP contribution in [0.15, 0.2) is 39.7 Å². The van der Waals surface area contributed by atoms with Gasteiger partial charge in [0.25, 0.3) is 0 Å². The van der Waals surface area contributed by atoms with Crippen LogP contribution in [0.3, 0.4) is 0 Å². The molecule has 0 aliphatic carbocycles. The van der Waals surface area contributed by atoms with Gasteiger partial charge in [0.05, 0.1) is 31.6 Å². The molecule has 94 valence electrons. The van der Waals surface area contributed by atoms with E-state index in [-0.39, 0.29) is 16.2 Å². The molecule has 4 nitrogen and oxygen atoms in total. The van der Waals surface area contributed by atoms with Gasteiger partial charge in [-0.15, -0.1) is 0 Å². The summed E-state index contributed by atoms with van der Waals surface area (Å²) in [4.78, 5) is 11.9. The number of ether oxygens (including phenoxy) is 2. The minimum Gasteiger partial charge on any atom is -0.496 e. The van der Waals surface area contributed by atoms with Gasteiger partial charge in [0, 0.05) is 6.07 Å². The Labute approximate surface area is 109 Å². The van der Waals surface area contributed by atoms with Crippen LogP contribution < -0.4 is 14.9 Å². The smallest absolute Gasteiger partial charge is 0.204 e. The van der Waals surface area contributed by atoms with Gasteiger partial charge >= 0.3 is 0 Å². The van der Waals surface area contributed by atoms with Gasteiger partial charge < -0.3 is 13.9 Å². The van der Waals surface area contributed by atoms with Crippen LogP contribution in [0, 0.1) is 0 Å². The van der Waals surface area contributed by atoms with Gasteiger partial charge in [0.2, 0.25) is 5.22 Å². The molecule has 0 aliphatic rings. The molecule has 0 bridgehead atoms. The summed E-state index contributed by atoms with van der Waals surface area (Å²) in [5, 5.41) is 0.00491. The van der Waals surface area contributed by atoms with Crippen LogP contribution in [0.5, 0.6) is 11.5 Å². The quantitative estimate of drug-likeness (QED) is 0.857. The highest BCUT2D eigenvalue weighted by Crippen LogP contribution is 2.39. The Kier molecular flexibility index (Phi) is 3.58. The second-order valence-corrected chi connectivity index (χ2v) is 3.81. The number of methoxy groups -OCH3 is 2. The number of benzene rings is 1. The van der Waals surface area contributed by atoms with E-state index in [1.807, 2.05) is 0 Å². The fraction of sp³-hybridized carbons (Fsp3) is 0.154. The van der Waals surface area contributed by atoms with Gasteiger partial charge in [0.15, 0.2) is 5.43 Å². The van der Waals surface area contributed by atoms with Crippen molar-refractivity contribution >= 4 is 11.6 Å². The molecule has 1 heterocycles. The van der Waals surface area contributed by atoms with Gasteiger partial charge in [-0.1, -0.05) is 6.07 Å². The zero-order valence-corrected chi connectivity index (χ0v) is 10.7. The molecular weight excluding hydrogens is 256 g/mol. The van der Waals surface area contributed by atoms with Crippen molar-refractivity contribution in [1.82, 2.24) is 0 Å². The standard InChI is InChI=1S/C13H11ClO4/c1-16-9-4-3-5-10(17-2)12(9)11-8(15)6-7-18-13(11)14/h3-7H,1-2H3. The van der Waals surface area contributed by atoms with Gasteiger partial charge in [-0.25, -0.2) is 0 Å².